The fraction of sp³-hybridized carbons (Fsp3) is 0.222. The molecule has 0 amide bonds. The first-order valence-corrected chi connectivity index (χ1v) is 8.63. The molecule has 0 aliphatic carbocycles. The molecule has 0 aromatic heterocycles. The lowest BCUT2D eigenvalue weighted by molar-refractivity contribution is 0.103. The van der Waals surface area contributed by atoms with Gasteiger partial charge in [-0.2, -0.15) is 5.26 Å². The van der Waals surface area contributed by atoms with Gasteiger partial charge in [-0.15, -0.1) is 0 Å². The molecule has 3 rings (SSSR count). The number of rotatable bonds is 0. The second-order valence-corrected chi connectivity index (χ2v) is 8.50. The summed E-state index contributed by atoms with van der Waals surface area (Å²) in [4.78, 5) is 12.7. The zero-order valence-corrected chi connectivity index (χ0v) is 13.9. The van der Waals surface area contributed by atoms with Gasteiger partial charge in [0.15, 0.2) is 5.78 Å². The Bertz CT molecular complexity index is 990. The van der Waals surface area contributed by atoms with Crippen molar-refractivity contribution in [3.8, 4) is 6.07 Å². The van der Waals surface area contributed by atoms with Gasteiger partial charge >= 0.3 is 0 Å². The van der Waals surface area contributed by atoms with E-state index in [1.54, 1.807) is 12.1 Å². The lowest BCUT2D eigenvalue weighted by Gasteiger charge is -2.24. The minimum atomic E-state index is -3.80. The second kappa shape index (κ2) is 4.77. The van der Waals surface area contributed by atoms with Gasteiger partial charge in [0.05, 0.1) is 21.4 Å². The highest BCUT2D eigenvalue weighted by molar-refractivity contribution is 7.91. The van der Waals surface area contributed by atoms with E-state index in [1.807, 2.05) is 26.8 Å². The molecule has 0 atom stereocenters. The summed E-state index contributed by atoms with van der Waals surface area (Å²) in [5.74, 6) is -0.319. The predicted molar refractivity (Wildman–Crippen MR) is 85.2 cm³/mol. The zero-order valence-electron chi connectivity index (χ0n) is 13.0. The average molecular weight is 325 g/mol. The van der Waals surface area contributed by atoms with Crippen LogP contribution in [0.4, 0.5) is 0 Å². The highest BCUT2D eigenvalue weighted by Crippen LogP contribution is 2.37. The fourth-order valence-corrected chi connectivity index (χ4v) is 4.33. The van der Waals surface area contributed by atoms with Crippen molar-refractivity contribution >= 4 is 15.6 Å². The quantitative estimate of drug-likeness (QED) is 0.636. The molecule has 0 saturated carbocycles. The SMILES string of the molecule is CC(C)(C)c1ccc2c(c1)C(=O)c1ccc(C#N)cc1S2(=O)=O. The van der Waals surface area contributed by atoms with Gasteiger partial charge in [-0.3, -0.25) is 4.79 Å². The average Bonchev–Trinajstić information content (AvgIpc) is 2.51. The van der Waals surface area contributed by atoms with Crippen molar-refractivity contribution in [1.29, 1.82) is 5.26 Å². The maximum atomic E-state index is 12.8. The largest absolute Gasteiger partial charge is 0.289 e. The lowest BCUT2D eigenvalue weighted by Crippen LogP contribution is -2.22. The summed E-state index contributed by atoms with van der Waals surface area (Å²) in [7, 11) is -3.80. The second-order valence-electron chi connectivity index (χ2n) is 6.62. The maximum Gasteiger partial charge on any atom is 0.208 e. The van der Waals surface area contributed by atoms with E-state index in [0.717, 1.165) is 5.56 Å². The van der Waals surface area contributed by atoms with Gasteiger partial charge in [0.25, 0.3) is 0 Å². The van der Waals surface area contributed by atoms with E-state index in [4.69, 9.17) is 5.26 Å². The standard InChI is InChI=1S/C18H15NO3S/c1-18(2,3)12-5-7-15-14(9-12)17(20)13-6-4-11(10-19)8-16(13)23(15,21)22/h4-9H,1-3H3. The third-order valence-corrected chi connectivity index (χ3v) is 5.88. The summed E-state index contributed by atoms with van der Waals surface area (Å²) < 4.78 is 25.6. The molecule has 116 valence electrons. The summed E-state index contributed by atoms with van der Waals surface area (Å²) >= 11 is 0. The Hall–Kier alpha value is -2.45. The van der Waals surface area contributed by atoms with Gasteiger partial charge in [-0.05, 0) is 41.3 Å². The third-order valence-electron chi connectivity index (χ3n) is 4.02. The van der Waals surface area contributed by atoms with E-state index >= 15 is 0 Å². The van der Waals surface area contributed by atoms with E-state index in [2.05, 4.69) is 0 Å². The Labute approximate surface area is 135 Å². The summed E-state index contributed by atoms with van der Waals surface area (Å²) in [5.41, 5.74) is 1.26. The van der Waals surface area contributed by atoms with Crippen molar-refractivity contribution in [2.24, 2.45) is 0 Å². The molecular weight excluding hydrogens is 310 g/mol. The van der Waals surface area contributed by atoms with Crippen LogP contribution in [-0.4, -0.2) is 14.2 Å². The number of carbonyl (C=O) groups excluding carboxylic acids is 1. The topological polar surface area (TPSA) is 75.0 Å². The number of ketones is 1. The lowest BCUT2D eigenvalue weighted by atomic mass is 9.85. The van der Waals surface area contributed by atoms with Crippen LogP contribution in [-0.2, 0) is 15.3 Å². The minimum absolute atomic E-state index is 0.0121. The van der Waals surface area contributed by atoms with Crippen molar-refractivity contribution in [3.63, 3.8) is 0 Å². The molecule has 2 aromatic carbocycles. The monoisotopic (exact) mass is 325 g/mol. The molecule has 0 spiro atoms. The Balaban J connectivity index is 2.33. The Morgan fingerprint density at radius 2 is 1.65 bits per heavy atom. The molecule has 5 heteroatoms. The highest BCUT2D eigenvalue weighted by atomic mass is 32.2. The van der Waals surface area contributed by atoms with Crippen LogP contribution in [0.15, 0.2) is 46.2 Å². The number of sulfone groups is 1. The molecule has 4 nitrogen and oxygen atoms in total. The molecule has 0 N–H and O–H groups in total. The molecule has 0 bridgehead atoms. The first kappa shape index (κ1) is 15.4. The molecule has 23 heavy (non-hydrogen) atoms. The summed E-state index contributed by atoms with van der Waals surface area (Å²) in [5, 5.41) is 8.97. The van der Waals surface area contributed by atoms with Crippen LogP contribution in [0.1, 0.15) is 47.8 Å². The van der Waals surface area contributed by atoms with Crippen LogP contribution in [0, 0.1) is 11.3 Å². The number of nitrogens with zero attached hydrogens (tertiary/aromatic N) is 1. The summed E-state index contributed by atoms with van der Waals surface area (Å²) in [6.07, 6.45) is 0. The third kappa shape index (κ3) is 2.27. The minimum Gasteiger partial charge on any atom is -0.289 e. The van der Waals surface area contributed by atoms with Crippen molar-refractivity contribution in [2.75, 3.05) is 0 Å². The van der Waals surface area contributed by atoms with Crippen LogP contribution in [0.25, 0.3) is 0 Å². The van der Waals surface area contributed by atoms with Crippen molar-refractivity contribution in [3.05, 3.63) is 58.7 Å². The van der Waals surface area contributed by atoms with Crippen molar-refractivity contribution in [1.82, 2.24) is 0 Å². The van der Waals surface area contributed by atoms with Crippen molar-refractivity contribution < 1.29 is 13.2 Å². The molecular formula is C18H15NO3S. The Morgan fingerprint density at radius 3 is 2.26 bits per heavy atom. The highest BCUT2D eigenvalue weighted by Gasteiger charge is 2.35. The van der Waals surface area contributed by atoms with Gasteiger partial charge in [0.1, 0.15) is 0 Å². The van der Waals surface area contributed by atoms with Crippen LogP contribution < -0.4 is 0 Å². The molecule has 0 saturated heterocycles. The number of benzene rings is 2. The molecule has 2 aromatic rings. The van der Waals surface area contributed by atoms with Gasteiger partial charge in [0.2, 0.25) is 9.84 Å². The summed E-state index contributed by atoms with van der Waals surface area (Å²) in [6, 6.07) is 10.9. The predicted octanol–water partition coefficient (Wildman–Crippen LogP) is 3.23. The van der Waals surface area contributed by atoms with E-state index in [9.17, 15) is 13.2 Å². The number of hydrogen-bond acceptors (Lipinski definition) is 4. The van der Waals surface area contributed by atoms with E-state index in [0.29, 0.717) is 0 Å². The van der Waals surface area contributed by atoms with Gasteiger partial charge in [-0.25, -0.2) is 8.42 Å². The molecule has 1 aliphatic heterocycles. The zero-order chi connectivity index (χ0) is 17.0. The molecule has 1 heterocycles. The van der Waals surface area contributed by atoms with Crippen LogP contribution in [0.5, 0.6) is 0 Å². The van der Waals surface area contributed by atoms with E-state index in [1.165, 1.54) is 24.3 Å². The maximum absolute atomic E-state index is 12.8. The van der Waals surface area contributed by atoms with Crippen molar-refractivity contribution in [2.45, 2.75) is 36.0 Å². The van der Waals surface area contributed by atoms with Crippen LogP contribution >= 0.6 is 0 Å². The number of nitriles is 1. The van der Waals surface area contributed by atoms with Gasteiger partial charge in [0, 0.05) is 11.1 Å². The van der Waals surface area contributed by atoms with E-state index < -0.39 is 9.84 Å². The van der Waals surface area contributed by atoms with Crippen LogP contribution in [0.3, 0.4) is 0 Å². The molecule has 0 unspecified atom stereocenters. The number of carbonyl (C=O) groups is 1. The smallest absolute Gasteiger partial charge is 0.208 e. The Kier molecular flexibility index (Phi) is 3.20. The molecule has 1 aliphatic rings. The summed E-state index contributed by atoms with van der Waals surface area (Å²) in [6.45, 7) is 6.01. The first-order chi connectivity index (χ1) is 10.7. The van der Waals surface area contributed by atoms with Crippen LogP contribution in [0.2, 0.25) is 0 Å². The fourth-order valence-electron chi connectivity index (χ4n) is 2.67. The number of fused-ring (bicyclic) bond motifs is 2. The molecule has 0 radical (unpaired) electrons. The van der Waals surface area contributed by atoms with Gasteiger partial charge < -0.3 is 0 Å². The molecule has 0 fully saturated rings. The van der Waals surface area contributed by atoms with Gasteiger partial charge in [-0.1, -0.05) is 26.8 Å². The normalized spacial score (nSPS) is 15.5. The Morgan fingerprint density at radius 1 is 0.957 bits per heavy atom. The first-order valence-electron chi connectivity index (χ1n) is 7.15. The number of hydrogen-bond donors (Lipinski definition) is 0. The van der Waals surface area contributed by atoms with E-state index in [-0.39, 0.29) is 37.7 Å².